The van der Waals surface area contributed by atoms with E-state index in [4.69, 9.17) is 4.74 Å². The van der Waals surface area contributed by atoms with Gasteiger partial charge in [0.1, 0.15) is 11.4 Å². The van der Waals surface area contributed by atoms with Gasteiger partial charge in [-0.2, -0.15) is 0 Å². The number of carbonyl (C=O) groups excluding carboxylic acids is 1. The van der Waals surface area contributed by atoms with Gasteiger partial charge in [0.05, 0.1) is 29.6 Å². The Morgan fingerprint density at radius 2 is 1.89 bits per heavy atom. The van der Waals surface area contributed by atoms with Crippen molar-refractivity contribution >= 4 is 48.7 Å². The average Bonchev–Trinajstić information content (AvgIpc) is 2.38. The quantitative estimate of drug-likeness (QED) is 0.800. The summed E-state index contributed by atoms with van der Waals surface area (Å²) in [6, 6.07) is 2.92. The second-order valence-electron chi connectivity index (χ2n) is 3.66. The summed E-state index contributed by atoms with van der Waals surface area (Å²) in [6.07, 6.45) is 0. The van der Waals surface area contributed by atoms with Gasteiger partial charge in [-0.1, -0.05) is 0 Å². The summed E-state index contributed by atoms with van der Waals surface area (Å²) >= 11 is 6.67. The molecule has 0 radical (unpaired) electrons. The summed E-state index contributed by atoms with van der Waals surface area (Å²) in [5, 5.41) is 0.358. The van der Waals surface area contributed by atoms with Crippen LogP contribution in [0.5, 0.6) is 5.75 Å². The minimum Gasteiger partial charge on any atom is -0.495 e. The van der Waals surface area contributed by atoms with Crippen LogP contribution in [-0.2, 0) is 4.74 Å². The highest BCUT2D eigenvalue weighted by atomic mass is 79.9. The molecule has 7 heteroatoms. The Bertz CT molecular complexity index is 724. The van der Waals surface area contributed by atoms with Crippen LogP contribution in [0.2, 0.25) is 0 Å². The number of hydrogen-bond donors (Lipinski definition) is 1. The van der Waals surface area contributed by atoms with E-state index in [1.807, 2.05) is 0 Å². The number of esters is 1. The highest BCUT2D eigenvalue weighted by Gasteiger charge is 2.17. The molecule has 0 aliphatic heterocycles. The monoisotopic (exact) mass is 389 g/mol. The van der Waals surface area contributed by atoms with Gasteiger partial charge in [0.15, 0.2) is 5.43 Å². The van der Waals surface area contributed by atoms with E-state index in [2.05, 4.69) is 41.6 Å². The molecule has 0 aliphatic rings. The molecule has 19 heavy (non-hydrogen) atoms. The highest BCUT2D eigenvalue weighted by molar-refractivity contribution is 9.11. The van der Waals surface area contributed by atoms with Crippen LogP contribution in [-0.4, -0.2) is 25.2 Å². The Morgan fingerprint density at radius 3 is 2.47 bits per heavy atom. The predicted octanol–water partition coefficient (Wildman–Crippen LogP) is 2.85. The second kappa shape index (κ2) is 5.34. The molecule has 100 valence electrons. The lowest BCUT2D eigenvalue weighted by atomic mass is 10.1. The fourth-order valence-electron chi connectivity index (χ4n) is 1.75. The van der Waals surface area contributed by atoms with E-state index >= 15 is 0 Å². The third-order valence-corrected chi connectivity index (χ3v) is 3.79. The number of pyridine rings is 1. The summed E-state index contributed by atoms with van der Waals surface area (Å²) in [4.78, 5) is 26.5. The van der Waals surface area contributed by atoms with E-state index in [-0.39, 0.29) is 11.1 Å². The zero-order chi connectivity index (χ0) is 14.2. The number of hydrogen-bond acceptors (Lipinski definition) is 4. The molecule has 0 bridgehead atoms. The van der Waals surface area contributed by atoms with Crippen LogP contribution in [0, 0.1) is 0 Å². The Hall–Kier alpha value is -1.34. The average molecular weight is 391 g/mol. The molecule has 0 saturated heterocycles. The first-order valence-electron chi connectivity index (χ1n) is 5.17. The molecule has 5 nitrogen and oxygen atoms in total. The molecule has 2 aromatic rings. The standard InChI is InChI=1S/C12H9Br2NO4/c1-18-11-6(14)3-5(13)10-9(11)8(16)4-7(15-10)12(17)19-2/h3-4H,1-2H3,(H,15,16). The van der Waals surface area contributed by atoms with Crippen molar-refractivity contribution in [3.63, 3.8) is 0 Å². The summed E-state index contributed by atoms with van der Waals surface area (Å²) < 4.78 is 11.1. The molecule has 1 aromatic heterocycles. The van der Waals surface area contributed by atoms with E-state index in [1.165, 1.54) is 20.3 Å². The zero-order valence-corrected chi connectivity index (χ0v) is 13.2. The minimum absolute atomic E-state index is 0.0880. The van der Waals surface area contributed by atoms with Crippen molar-refractivity contribution in [3.8, 4) is 5.75 Å². The van der Waals surface area contributed by atoms with E-state index in [1.54, 1.807) is 6.07 Å². The third-order valence-electron chi connectivity index (χ3n) is 2.58. The first-order chi connectivity index (χ1) is 8.99. The lowest BCUT2D eigenvalue weighted by Gasteiger charge is -2.10. The molecule has 2 rings (SSSR count). The number of aromatic nitrogens is 1. The molecule has 0 fully saturated rings. The second-order valence-corrected chi connectivity index (χ2v) is 5.37. The van der Waals surface area contributed by atoms with Gasteiger partial charge in [-0.15, -0.1) is 0 Å². The Kier molecular flexibility index (Phi) is 3.96. The Morgan fingerprint density at radius 1 is 1.21 bits per heavy atom. The zero-order valence-electron chi connectivity index (χ0n) is 10.0. The Labute approximate surface area is 125 Å². The first kappa shape index (κ1) is 14.1. The van der Waals surface area contributed by atoms with Gasteiger partial charge in [-0.25, -0.2) is 4.79 Å². The molecular formula is C12H9Br2NO4. The largest absolute Gasteiger partial charge is 0.495 e. The summed E-state index contributed by atoms with van der Waals surface area (Å²) in [5.41, 5.74) is 0.242. The van der Waals surface area contributed by atoms with Crippen LogP contribution in [0.1, 0.15) is 10.5 Å². The van der Waals surface area contributed by atoms with Gasteiger partial charge in [0.2, 0.25) is 0 Å². The number of halogens is 2. The highest BCUT2D eigenvalue weighted by Crippen LogP contribution is 2.35. The van der Waals surface area contributed by atoms with Crippen molar-refractivity contribution in [1.29, 1.82) is 0 Å². The number of methoxy groups -OCH3 is 2. The number of aromatic amines is 1. The van der Waals surface area contributed by atoms with Crippen LogP contribution in [0.3, 0.4) is 0 Å². The van der Waals surface area contributed by atoms with Gasteiger partial charge in [0, 0.05) is 10.5 Å². The number of rotatable bonds is 2. The van der Waals surface area contributed by atoms with Crippen LogP contribution in [0.25, 0.3) is 10.9 Å². The van der Waals surface area contributed by atoms with Crippen LogP contribution >= 0.6 is 31.9 Å². The molecule has 1 N–H and O–H groups in total. The summed E-state index contributed by atoms with van der Waals surface area (Å²) in [7, 11) is 2.73. The molecule has 0 unspecified atom stereocenters. The van der Waals surface area contributed by atoms with Gasteiger partial charge in [0.25, 0.3) is 0 Å². The van der Waals surface area contributed by atoms with Gasteiger partial charge in [-0.05, 0) is 37.9 Å². The van der Waals surface area contributed by atoms with Crippen molar-refractivity contribution in [1.82, 2.24) is 4.98 Å². The van der Waals surface area contributed by atoms with Gasteiger partial charge >= 0.3 is 5.97 Å². The predicted molar refractivity (Wildman–Crippen MR) is 77.9 cm³/mol. The van der Waals surface area contributed by atoms with Crippen LogP contribution in [0.15, 0.2) is 25.9 Å². The van der Waals surface area contributed by atoms with Crippen molar-refractivity contribution in [2.45, 2.75) is 0 Å². The fraction of sp³-hybridized carbons (Fsp3) is 0.167. The molecule has 1 heterocycles. The third kappa shape index (κ3) is 2.40. The van der Waals surface area contributed by atoms with Crippen molar-refractivity contribution in [2.24, 2.45) is 0 Å². The fourth-order valence-corrected chi connectivity index (χ4v) is 3.17. The van der Waals surface area contributed by atoms with E-state index in [9.17, 15) is 9.59 Å². The van der Waals surface area contributed by atoms with Gasteiger partial charge in [-0.3, -0.25) is 4.79 Å². The molecule has 1 aromatic carbocycles. The minimum atomic E-state index is -0.604. The normalized spacial score (nSPS) is 10.5. The number of nitrogens with one attached hydrogen (secondary N) is 1. The van der Waals surface area contributed by atoms with Crippen LogP contribution in [0.4, 0.5) is 0 Å². The first-order valence-corrected chi connectivity index (χ1v) is 6.75. The van der Waals surface area contributed by atoms with Crippen molar-refractivity contribution in [2.75, 3.05) is 14.2 Å². The lowest BCUT2D eigenvalue weighted by molar-refractivity contribution is 0.0594. The molecule has 0 saturated carbocycles. The molecule has 0 amide bonds. The molecule has 0 aliphatic carbocycles. The number of ether oxygens (including phenoxy) is 2. The molecule has 0 spiro atoms. The van der Waals surface area contributed by atoms with E-state index < -0.39 is 5.97 Å². The SMILES string of the molecule is COC(=O)c1cc(=O)c2c(OC)c(Br)cc(Br)c2[nH]1. The topological polar surface area (TPSA) is 68.4 Å². The summed E-state index contributed by atoms with van der Waals surface area (Å²) in [5.74, 6) is -0.191. The smallest absolute Gasteiger partial charge is 0.354 e. The maximum Gasteiger partial charge on any atom is 0.354 e. The number of fused-ring (bicyclic) bond motifs is 1. The lowest BCUT2D eigenvalue weighted by Crippen LogP contribution is -2.12. The number of H-pyrrole nitrogens is 1. The number of carbonyl (C=O) groups is 1. The van der Waals surface area contributed by atoms with Crippen molar-refractivity contribution < 1.29 is 14.3 Å². The summed E-state index contributed by atoms with van der Waals surface area (Å²) in [6.45, 7) is 0. The number of benzene rings is 1. The van der Waals surface area contributed by atoms with E-state index in [0.717, 1.165) is 0 Å². The Balaban J connectivity index is 2.91. The maximum atomic E-state index is 12.2. The van der Waals surface area contributed by atoms with E-state index in [0.29, 0.717) is 25.6 Å². The van der Waals surface area contributed by atoms with Crippen molar-refractivity contribution in [3.05, 3.63) is 37.0 Å². The van der Waals surface area contributed by atoms with Gasteiger partial charge < -0.3 is 14.5 Å². The molecular weight excluding hydrogens is 382 g/mol. The maximum absolute atomic E-state index is 12.2. The molecule has 0 atom stereocenters. The van der Waals surface area contributed by atoms with Crippen LogP contribution < -0.4 is 10.2 Å².